The average Bonchev–Trinajstić information content (AvgIpc) is 3.01. The Kier molecular flexibility index (Phi) is 3.96. The molecule has 1 fully saturated rings. The molecule has 3 rings (SSSR count). The number of fused-ring (bicyclic) bond motifs is 1. The molecule has 4 N–H and O–H groups in total. The van der Waals surface area contributed by atoms with Gasteiger partial charge in [-0.05, 0) is 50.2 Å². The van der Waals surface area contributed by atoms with Crippen LogP contribution in [-0.4, -0.2) is 40.3 Å². The number of nitrogens with zero attached hydrogens (tertiary/aromatic N) is 3. The Labute approximate surface area is 124 Å². The van der Waals surface area contributed by atoms with Gasteiger partial charge in [0.05, 0.1) is 18.2 Å². The predicted octanol–water partition coefficient (Wildman–Crippen LogP) is 1.02. The number of anilines is 1. The van der Waals surface area contributed by atoms with Gasteiger partial charge in [0.1, 0.15) is 5.82 Å². The second-order valence-electron chi connectivity index (χ2n) is 5.83. The highest BCUT2D eigenvalue weighted by atomic mass is 16.4. The molecule has 0 amide bonds. The van der Waals surface area contributed by atoms with E-state index in [1.54, 1.807) is 0 Å². The molecule has 0 spiro atoms. The first-order chi connectivity index (χ1) is 10.2. The van der Waals surface area contributed by atoms with E-state index in [1.807, 2.05) is 6.07 Å². The summed E-state index contributed by atoms with van der Waals surface area (Å²) in [6.45, 7) is 0.955. The number of aryl methyl sites for hydroxylation is 2. The SMILES string of the molecule is NC(=NO)c1cc2c(nc1N1CCCC1CO)CCCC2. The highest BCUT2D eigenvalue weighted by molar-refractivity contribution is 6.01. The molecule has 1 unspecified atom stereocenters. The van der Waals surface area contributed by atoms with Crippen LogP contribution in [0.5, 0.6) is 0 Å². The molecule has 2 heterocycles. The van der Waals surface area contributed by atoms with Gasteiger partial charge in [0, 0.05) is 12.2 Å². The van der Waals surface area contributed by atoms with E-state index in [1.165, 1.54) is 5.56 Å². The van der Waals surface area contributed by atoms with Gasteiger partial charge in [0.15, 0.2) is 5.84 Å². The summed E-state index contributed by atoms with van der Waals surface area (Å²) in [5.74, 6) is 0.844. The molecular weight excluding hydrogens is 268 g/mol. The highest BCUT2D eigenvalue weighted by Gasteiger charge is 2.29. The summed E-state index contributed by atoms with van der Waals surface area (Å²) >= 11 is 0. The summed E-state index contributed by atoms with van der Waals surface area (Å²) in [5, 5.41) is 21.7. The van der Waals surface area contributed by atoms with E-state index in [2.05, 4.69) is 10.1 Å². The Morgan fingerprint density at radius 3 is 2.95 bits per heavy atom. The van der Waals surface area contributed by atoms with Crippen LogP contribution < -0.4 is 10.6 Å². The van der Waals surface area contributed by atoms with Crippen LogP contribution in [0.2, 0.25) is 0 Å². The number of hydrogen-bond acceptors (Lipinski definition) is 5. The molecular formula is C15H22N4O2. The quantitative estimate of drug-likeness (QED) is 0.334. The maximum atomic E-state index is 9.54. The zero-order valence-electron chi connectivity index (χ0n) is 12.1. The number of nitrogens with two attached hydrogens (primary N) is 1. The van der Waals surface area contributed by atoms with Gasteiger partial charge >= 0.3 is 0 Å². The lowest BCUT2D eigenvalue weighted by Crippen LogP contribution is -2.35. The van der Waals surface area contributed by atoms with Crippen LogP contribution in [0, 0.1) is 0 Å². The second-order valence-corrected chi connectivity index (χ2v) is 5.83. The fourth-order valence-electron chi connectivity index (χ4n) is 3.39. The summed E-state index contributed by atoms with van der Waals surface area (Å²) in [5.41, 5.74) is 8.85. The lowest BCUT2D eigenvalue weighted by atomic mass is 9.94. The minimum absolute atomic E-state index is 0.0735. The van der Waals surface area contributed by atoms with Gasteiger partial charge in [-0.15, -0.1) is 0 Å². The zero-order valence-corrected chi connectivity index (χ0v) is 12.1. The molecule has 1 atom stereocenters. The summed E-state index contributed by atoms with van der Waals surface area (Å²) in [7, 11) is 0. The maximum absolute atomic E-state index is 9.54. The molecule has 0 aromatic carbocycles. The Bertz CT molecular complexity index is 559. The van der Waals surface area contributed by atoms with Crippen LogP contribution in [0.3, 0.4) is 0 Å². The van der Waals surface area contributed by atoms with Crippen LogP contribution in [0.1, 0.15) is 42.5 Å². The highest BCUT2D eigenvalue weighted by Crippen LogP contribution is 2.31. The zero-order chi connectivity index (χ0) is 14.8. The third-order valence-electron chi connectivity index (χ3n) is 4.52. The van der Waals surface area contributed by atoms with Gasteiger partial charge in [-0.1, -0.05) is 5.16 Å². The van der Waals surface area contributed by atoms with Crippen LogP contribution in [-0.2, 0) is 12.8 Å². The molecule has 6 nitrogen and oxygen atoms in total. The van der Waals surface area contributed by atoms with Crippen molar-refractivity contribution in [2.75, 3.05) is 18.1 Å². The van der Waals surface area contributed by atoms with Crippen molar-refractivity contribution in [1.82, 2.24) is 4.98 Å². The number of oxime groups is 1. The molecule has 1 aromatic heterocycles. The summed E-state index contributed by atoms with van der Waals surface area (Å²) in [6.07, 6.45) is 6.27. The smallest absolute Gasteiger partial charge is 0.173 e. The normalized spacial score (nSPS) is 22.4. The molecule has 21 heavy (non-hydrogen) atoms. The largest absolute Gasteiger partial charge is 0.409 e. The van der Waals surface area contributed by atoms with E-state index in [4.69, 9.17) is 15.9 Å². The molecule has 6 heteroatoms. The van der Waals surface area contributed by atoms with Gasteiger partial charge in [-0.25, -0.2) is 4.98 Å². The number of pyridine rings is 1. The molecule has 0 saturated carbocycles. The number of hydrogen-bond donors (Lipinski definition) is 3. The van der Waals surface area contributed by atoms with E-state index in [0.717, 1.165) is 56.6 Å². The number of rotatable bonds is 3. The van der Waals surface area contributed by atoms with Crippen molar-refractivity contribution in [1.29, 1.82) is 0 Å². The first kappa shape index (κ1) is 14.1. The minimum atomic E-state index is 0.0735. The van der Waals surface area contributed by atoms with Crippen molar-refractivity contribution < 1.29 is 10.3 Å². The van der Waals surface area contributed by atoms with E-state index < -0.39 is 0 Å². The first-order valence-electron chi connectivity index (χ1n) is 7.62. The molecule has 2 aliphatic rings. The van der Waals surface area contributed by atoms with Gasteiger partial charge in [-0.3, -0.25) is 0 Å². The summed E-state index contributed by atoms with van der Waals surface area (Å²) in [4.78, 5) is 6.90. The fourth-order valence-corrected chi connectivity index (χ4v) is 3.39. The number of aliphatic hydroxyl groups excluding tert-OH is 1. The fraction of sp³-hybridized carbons (Fsp3) is 0.600. The van der Waals surface area contributed by atoms with Crippen LogP contribution in [0.4, 0.5) is 5.82 Å². The number of amidine groups is 1. The second kappa shape index (κ2) is 5.89. The van der Waals surface area contributed by atoms with E-state index >= 15 is 0 Å². The van der Waals surface area contributed by atoms with Crippen molar-refractivity contribution in [3.63, 3.8) is 0 Å². The Hall–Kier alpha value is -1.82. The Morgan fingerprint density at radius 1 is 1.38 bits per heavy atom. The molecule has 1 aliphatic carbocycles. The third kappa shape index (κ3) is 2.55. The van der Waals surface area contributed by atoms with Gasteiger partial charge in [0.2, 0.25) is 0 Å². The van der Waals surface area contributed by atoms with Crippen molar-refractivity contribution in [3.8, 4) is 0 Å². The molecule has 1 saturated heterocycles. The lowest BCUT2D eigenvalue weighted by Gasteiger charge is -2.28. The molecule has 114 valence electrons. The van der Waals surface area contributed by atoms with E-state index in [0.29, 0.717) is 5.56 Å². The van der Waals surface area contributed by atoms with Crippen LogP contribution >= 0.6 is 0 Å². The Morgan fingerprint density at radius 2 is 2.19 bits per heavy atom. The third-order valence-corrected chi connectivity index (χ3v) is 4.52. The molecule has 1 aromatic rings. The Balaban J connectivity index is 2.08. The van der Waals surface area contributed by atoms with Gasteiger partial charge in [0.25, 0.3) is 0 Å². The minimum Gasteiger partial charge on any atom is -0.409 e. The standard InChI is InChI=1S/C15H22N4O2/c16-14(18-21)12-8-10-4-1-2-6-13(10)17-15(12)19-7-3-5-11(19)9-20/h8,11,20-21H,1-7,9H2,(H2,16,18). The van der Waals surface area contributed by atoms with Crippen molar-refractivity contribution in [2.24, 2.45) is 10.9 Å². The monoisotopic (exact) mass is 290 g/mol. The van der Waals surface area contributed by atoms with Crippen molar-refractivity contribution >= 4 is 11.7 Å². The molecule has 0 radical (unpaired) electrons. The summed E-state index contributed by atoms with van der Waals surface area (Å²) in [6, 6.07) is 2.09. The van der Waals surface area contributed by atoms with Crippen molar-refractivity contribution in [3.05, 3.63) is 22.9 Å². The average molecular weight is 290 g/mol. The van der Waals surface area contributed by atoms with Gasteiger partial charge in [-0.2, -0.15) is 0 Å². The number of aromatic nitrogens is 1. The predicted molar refractivity (Wildman–Crippen MR) is 80.8 cm³/mol. The van der Waals surface area contributed by atoms with E-state index in [9.17, 15) is 5.11 Å². The first-order valence-corrected chi connectivity index (χ1v) is 7.62. The van der Waals surface area contributed by atoms with Gasteiger partial charge < -0.3 is 20.9 Å². The summed E-state index contributed by atoms with van der Waals surface area (Å²) < 4.78 is 0. The maximum Gasteiger partial charge on any atom is 0.173 e. The number of aliphatic hydroxyl groups is 1. The van der Waals surface area contributed by atoms with Crippen LogP contribution in [0.25, 0.3) is 0 Å². The van der Waals surface area contributed by atoms with E-state index in [-0.39, 0.29) is 18.5 Å². The lowest BCUT2D eigenvalue weighted by molar-refractivity contribution is 0.266. The van der Waals surface area contributed by atoms with Crippen molar-refractivity contribution in [2.45, 2.75) is 44.6 Å². The topological polar surface area (TPSA) is 95.0 Å². The molecule has 0 bridgehead atoms. The molecule has 1 aliphatic heterocycles. The van der Waals surface area contributed by atoms with Crippen LogP contribution in [0.15, 0.2) is 11.2 Å².